The Kier molecular flexibility index (Phi) is 3.41. The van der Waals surface area contributed by atoms with E-state index in [4.69, 9.17) is 8.94 Å². The lowest BCUT2D eigenvalue weighted by Crippen LogP contribution is -2.07. The maximum atomic E-state index is 5.93. The van der Waals surface area contributed by atoms with Crippen LogP contribution in [0.3, 0.4) is 0 Å². The summed E-state index contributed by atoms with van der Waals surface area (Å²) in [5, 5.41) is 8.28. The van der Waals surface area contributed by atoms with Crippen molar-refractivity contribution < 1.29 is 8.94 Å². The van der Waals surface area contributed by atoms with Gasteiger partial charge in [-0.25, -0.2) is 0 Å². The normalized spacial score (nSPS) is 13.0. The van der Waals surface area contributed by atoms with Crippen molar-refractivity contribution in [1.29, 1.82) is 0 Å². The van der Waals surface area contributed by atoms with Crippen LogP contribution in [0.25, 0.3) is 11.0 Å². The summed E-state index contributed by atoms with van der Waals surface area (Å²) in [6, 6.07) is 8.40. The first-order valence-corrected chi connectivity index (χ1v) is 7.14. The van der Waals surface area contributed by atoms with Crippen molar-refractivity contribution in [2.45, 2.75) is 39.7 Å². The molecule has 0 aliphatic rings. The van der Waals surface area contributed by atoms with Gasteiger partial charge in [-0.15, -0.1) is 0 Å². The van der Waals surface area contributed by atoms with Gasteiger partial charge in [-0.2, -0.15) is 4.98 Å². The van der Waals surface area contributed by atoms with E-state index in [1.807, 2.05) is 39.0 Å². The minimum Gasteiger partial charge on any atom is -0.459 e. The molecule has 0 radical (unpaired) electrons. The number of anilines is 1. The molecule has 0 fully saturated rings. The van der Waals surface area contributed by atoms with Crippen molar-refractivity contribution in [3.63, 3.8) is 0 Å². The zero-order valence-corrected chi connectivity index (χ0v) is 12.7. The molecule has 1 unspecified atom stereocenters. The molecule has 2 heterocycles. The summed E-state index contributed by atoms with van der Waals surface area (Å²) in [5.41, 5.74) is 2.03. The number of aromatic nitrogens is 2. The average Bonchev–Trinajstić information content (AvgIpc) is 3.05. The molecule has 0 bridgehead atoms. The number of nitrogens with one attached hydrogen (secondary N) is 1. The highest BCUT2D eigenvalue weighted by Gasteiger charge is 2.19. The molecule has 1 atom stereocenters. The number of nitrogens with zero attached hydrogens (tertiary/aromatic N) is 2. The van der Waals surface area contributed by atoms with Crippen LogP contribution in [0.5, 0.6) is 0 Å². The van der Waals surface area contributed by atoms with Crippen LogP contribution in [0.1, 0.15) is 49.9 Å². The molecule has 0 saturated heterocycles. The third-order valence-corrected chi connectivity index (χ3v) is 3.57. The Labute approximate surface area is 123 Å². The van der Waals surface area contributed by atoms with Gasteiger partial charge in [0, 0.05) is 16.9 Å². The molecule has 110 valence electrons. The van der Waals surface area contributed by atoms with E-state index in [9.17, 15) is 0 Å². The molecular formula is C16H19N3O2. The van der Waals surface area contributed by atoms with E-state index in [1.54, 1.807) is 0 Å². The Bertz CT molecular complexity index is 758. The third kappa shape index (κ3) is 2.51. The van der Waals surface area contributed by atoms with Crippen molar-refractivity contribution in [1.82, 2.24) is 10.1 Å². The second-order valence-electron chi connectivity index (χ2n) is 5.57. The summed E-state index contributed by atoms with van der Waals surface area (Å²) in [5.74, 6) is 1.83. The van der Waals surface area contributed by atoms with E-state index < -0.39 is 0 Å². The van der Waals surface area contributed by atoms with Gasteiger partial charge in [0.2, 0.25) is 0 Å². The van der Waals surface area contributed by atoms with Crippen molar-refractivity contribution >= 4 is 17.0 Å². The first-order valence-electron chi connectivity index (χ1n) is 7.14. The van der Waals surface area contributed by atoms with Gasteiger partial charge in [0.15, 0.2) is 5.82 Å². The number of hydrogen-bond acceptors (Lipinski definition) is 5. The fourth-order valence-corrected chi connectivity index (χ4v) is 2.39. The van der Waals surface area contributed by atoms with Crippen LogP contribution in [0.15, 0.2) is 33.2 Å². The summed E-state index contributed by atoms with van der Waals surface area (Å²) >= 11 is 0. The Balaban J connectivity index is 1.86. The first kappa shape index (κ1) is 13.7. The van der Waals surface area contributed by atoms with Crippen LogP contribution >= 0.6 is 0 Å². The first-order chi connectivity index (χ1) is 10.1. The average molecular weight is 285 g/mol. The van der Waals surface area contributed by atoms with Crippen LogP contribution < -0.4 is 5.32 Å². The molecule has 21 heavy (non-hydrogen) atoms. The second-order valence-corrected chi connectivity index (χ2v) is 5.57. The van der Waals surface area contributed by atoms with Gasteiger partial charge in [-0.1, -0.05) is 37.2 Å². The minimum atomic E-state index is -0.0436. The van der Waals surface area contributed by atoms with Crippen LogP contribution in [0, 0.1) is 6.92 Å². The number of rotatable bonds is 4. The van der Waals surface area contributed by atoms with E-state index in [2.05, 4.69) is 28.4 Å². The molecule has 0 amide bonds. The van der Waals surface area contributed by atoms with Crippen LogP contribution in [0.2, 0.25) is 0 Å². The molecule has 0 aliphatic heterocycles. The predicted octanol–water partition coefficient (Wildman–Crippen LogP) is 4.42. The third-order valence-electron chi connectivity index (χ3n) is 3.57. The van der Waals surface area contributed by atoms with Gasteiger partial charge in [0.05, 0.1) is 6.04 Å². The summed E-state index contributed by atoms with van der Waals surface area (Å²) in [4.78, 5) is 4.33. The summed E-state index contributed by atoms with van der Waals surface area (Å²) in [6.45, 7) is 8.14. The second kappa shape index (κ2) is 5.24. The highest BCUT2D eigenvalue weighted by Crippen LogP contribution is 2.30. The molecule has 3 aromatic rings. The van der Waals surface area contributed by atoms with E-state index in [1.165, 1.54) is 0 Å². The zero-order valence-electron chi connectivity index (χ0n) is 12.7. The maximum Gasteiger partial charge on any atom is 0.322 e. The highest BCUT2D eigenvalue weighted by molar-refractivity contribution is 5.82. The number of hydrogen-bond donors (Lipinski definition) is 1. The summed E-state index contributed by atoms with van der Waals surface area (Å²) in [6.07, 6.45) is 0. The zero-order chi connectivity index (χ0) is 15.0. The Hall–Kier alpha value is -2.30. The number of benzene rings is 1. The fourth-order valence-electron chi connectivity index (χ4n) is 2.39. The van der Waals surface area contributed by atoms with Crippen molar-refractivity contribution in [2.24, 2.45) is 0 Å². The molecule has 5 heteroatoms. The molecule has 0 saturated carbocycles. The number of para-hydroxylation sites is 1. The van der Waals surface area contributed by atoms with Gasteiger partial charge >= 0.3 is 6.01 Å². The maximum absolute atomic E-state index is 5.93. The summed E-state index contributed by atoms with van der Waals surface area (Å²) in [7, 11) is 0. The van der Waals surface area contributed by atoms with Gasteiger partial charge in [0.25, 0.3) is 0 Å². The van der Waals surface area contributed by atoms with Crippen LogP contribution in [-0.2, 0) is 0 Å². The largest absolute Gasteiger partial charge is 0.459 e. The fraction of sp³-hybridized carbons (Fsp3) is 0.375. The number of aryl methyl sites for hydroxylation is 1. The van der Waals surface area contributed by atoms with Gasteiger partial charge in [-0.3, -0.25) is 0 Å². The Morgan fingerprint density at radius 1 is 1.14 bits per heavy atom. The van der Waals surface area contributed by atoms with E-state index in [0.717, 1.165) is 22.3 Å². The molecule has 0 spiro atoms. The van der Waals surface area contributed by atoms with Crippen LogP contribution in [-0.4, -0.2) is 10.1 Å². The van der Waals surface area contributed by atoms with Crippen molar-refractivity contribution in [3.05, 3.63) is 41.4 Å². The Morgan fingerprint density at radius 3 is 2.57 bits per heavy atom. The lowest BCUT2D eigenvalue weighted by atomic mass is 10.1. The van der Waals surface area contributed by atoms with Gasteiger partial charge in [0.1, 0.15) is 11.3 Å². The topological polar surface area (TPSA) is 64.1 Å². The molecule has 2 aromatic heterocycles. The molecule has 0 aliphatic carbocycles. The smallest absolute Gasteiger partial charge is 0.322 e. The molecule has 5 nitrogen and oxygen atoms in total. The lowest BCUT2D eigenvalue weighted by molar-refractivity contribution is 0.412. The van der Waals surface area contributed by atoms with Crippen molar-refractivity contribution in [3.8, 4) is 0 Å². The SMILES string of the molecule is Cc1c(C(C)Nc2nc(C(C)C)no2)oc2ccccc12. The van der Waals surface area contributed by atoms with E-state index in [-0.39, 0.29) is 12.0 Å². The molecule has 1 N–H and O–H groups in total. The van der Waals surface area contributed by atoms with E-state index >= 15 is 0 Å². The highest BCUT2D eigenvalue weighted by atomic mass is 16.5. The summed E-state index contributed by atoms with van der Waals surface area (Å²) < 4.78 is 11.2. The minimum absolute atomic E-state index is 0.0436. The molecular weight excluding hydrogens is 266 g/mol. The van der Waals surface area contributed by atoms with Crippen LogP contribution in [0.4, 0.5) is 6.01 Å². The standard InChI is InChI=1S/C16H19N3O2/c1-9(2)15-18-16(21-19-15)17-11(4)14-10(3)12-7-5-6-8-13(12)20-14/h5-9,11H,1-4H3,(H,17,18,19). The van der Waals surface area contributed by atoms with E-state index in [0.29, 0.717) is 11.8 Å². The molecule has 1 aromatic carbocycles. The van der Waals surface area contributed by atoms with Crippen molar-refractivity contribution in [2.75, 3.05) is 5.32 Å². The lowest BCUT2D eigenvalue weighted by Gasteiger charge is -2.09. The predicted molar refractivity (Wildman–Crippen MR) is 81.4 cm³/mol. The number of furan rings is 1. The van der Waals surface area contributed by atoms with Gasteiger partial charge in [-0.05, 0) is 19.9 Å². The molecule has 3 rings (SSSR count). The quantitative estimate of drug-likeness (QED) is 0.768. The van der Waals surface area contributed by atoms with Gasteiger partial charge < -0.3 is 14.3 Å². The monoisotopic (exact) mass is 285 g/mol. The number of fused-ring (bicyclic) bond motifs is 1. The Morgan fingerprint density at radius 2 is 1.90 bits per heavy atom.